The van der Waals surface area contributed by atoms with Crippen LogP contribution in [0, 0.1) is 10.1 Å². The lowest BCUT2D eigenvalue weighted by molar-refractivity contribution is -0.384. The van der Waals surface area contributed by atoms with E-state index in [0.717, 1.165) is 0 Å². The molecule has 1 atom stereocenters. The summed E-state index contributed by atoms with van der Waals surface area (Å²) >= 11 is 0. The second-order valence-corrected chi connectivity index (χ2v) is 5.00. The summed E-state index contributed by atoms with van der Waals surface area (Å²) in [5, 5.41) is 16.5. The number of carbonyl (C=O) groups excluding carboxylic acids is 1. The van der Waals surface area contributed by atoms with Crippen LogP contribution in [0.1, 0.15) is 26.3 Å². The van der Waals surface area contributed by atoms with E-state index in [1.54, 1.807) is 14.0 Å². The van der Waals surface area contributed by atoms with Gasteiger partial charge in [0.2, 0.25) is 0 Å². The fraction of sp³-hybridized carbons (Fsp3) is 0.500. The van der Waals surface area contributed by atoms with E-state index < -0.39 is 11.0 Å². The van der Waals surface area contributed by atoms with Crippen LogP contribution in [0.15, 0.2) is 18.2 Å². The molecule has 1 aromatic carbocycles. The molecule has 7 nitrogen and oxygen atoms in total. The summed E-state index contributed by atoms with van der Waals surface area (Å²) in [6.07, 6.45) is -0.676. The molecule has 21 heavy (non-hydrogen) atoms. The maximum absolute atomic E-state index is 11.8. The highest BCUT2D eigenvalue weighted by Crippen LogP contribution is 2.25. The van der Waals surface area contributed by atoms with E-state index in [0.29, 0.717) is 17.9 Å². The molecule has 1 rings (SSSR count). The van der Waals surface area contributed by atoms with Crippen LogP contribution in [0.4, 0.5) is 5.69 Å². The molecular formula is C14H21N3O4. The Labute approximate surface area is 123 Å². The summed E-state index contributed by atoms with van der Waals surface area (Å²) in [5.41, 5.74) is 0.628. The molecule has 0 aliphatic heterocycles. The Kier molecular flexibility index (Phi) is 6.10. The molecule has 0 saturated carbocycles. The largest absolute Gasteiger partial charge is 0.481 e. The zero-order valence-electron chi connectivity index (χ0n) is 12.7. The second kappa shape index (κ2) is 7.58. The molecule has 7 heteroatoms. The van der Waals surface area contributed by atoms with Crippen molar-refractivity contribution in [2.45, 2.75) is 39.5 Å². The predicted octanol–water partition coefficient (Wildman–Crippen LogP) is 1.61. The number of carbonyl (C=O) groups is 1. The van der Waals surface area contributed by atoms with Gasteiger partial charge in [-0.05, 0) is 33.9 Å². The lowest BCUT2D eigenvalue weighted by Gasteiger charge is -2.18. The number of nitrogens with zero attached hydrogens (tertiary/aromatic N) is 1. The molecule has 0 fully saturated rings. The van der Waals surface area contributed by atoms with Gasteiger partial charge >= 0.3 is 0 Å². The molecule has 0 aromatic heterocycles. The molecule has 0 aliphatic rings. The molecule has 1 unspecified atom stereocenters. The van der Waals surface area contributed by atoms with Crippen molar-refractivity contribution < 1.29 is 14.5 Å². The van der Waals surface area contributed by atoms with Crippen molar-refractivity contribution in [1.82, 2.24) is 10.6 Å². The first-order valence-corrected chi connectivity index (χ1v) is 6.74. The number of hydrogen-bond donors (Lipinski definition) is 2. The van der Waals surface area contributed by atoms with E-state index in [1.165, 1.54) is 18.2 Å². The van der Waals surface area contributed by atoms with Gasteiger partial charge in [0, 0.05) is 30.3 Å². The quantitative estimate of drug-likeness (QED) is 0.588. The van der Waals surface area contributed by atoms with Crippen molar-refractivity contribution in [2.24, 2.45) is 0 Å². The first kappa shape index (κ1) is 16.9. The third-order valence-corrected chi connectivity index (χ3v) is 2.73. The van der Waals surface area contributed by atoms with Crippen LogP contribution in [-0.4, -0.2) is 30.0 Å². The van der Waals surface area contributed by atoms with Gasteiger partial charge in [-0.3, -0.25) is 14.9 Å². The summed E-state index contributed by atoms with van der Waals surface area (Å²) in [5.74, 6) is 0.236. The first-order chi connectivity index (χ1) is 9.85. The van der Waals surface area contributed by atoms with Gasteiger partial charge in [-0.2, -0.15) is 0 Å². The van der Waals surface area contributed by atoms with Gasteiger partial charge in [-0.25, -0.2) is 0 Å². The Morgan fingerprint density at radius 1 is 1.38 bits per heavy atom. The van der Waals surface area contributed by atoms with Crippen LogP contribution >= 0.6 is 0 Å². The summed E-state index contributed by atoms with van der Waals surface area (Å²) in [6.45, 7) is 5.78. The summed E-state index contributed by atoms with van der Waals surface area (Å²) < 4.78 is 5.62. The molecule has 0 spiro atoms. The standard InChI is InChI=1S/C14H21N3O4/c1-9(2)16-14(18)10(3)21-13-6-5-12(17(19)20)7-11(13)8-15-4/h5-7,9-10,15H,8H2,1-4H3,(H,16,18). The zero-order valence-corrected chi connectivity index (χ0v) is 12.7. The Balaban J connectivity index is 2.91. The van der Waals surface area contributed by atoms with Crippen LogP contribution in [0.5, 0.6) is 5.75 Å². The van der Waals surface area contributed by atoms with Crippen LogP contribution in [0.3, 0.4) is 0 Å². The van der Waals surface area contributed by atoms with E-state index in [9.17, 15) is 14.9 Å². The van der Waals surface area contributed by atoms with Crippen molar-refractivity contribution >= 4 is 11.6 Å². The number of hydrogen-bond acceptors (Lipinski definition) is 5. The number of nitro groups is 1. The molecule has 1 aromatic rings. The fourth-order valence-electron chi connectivity index (χ4n) is 1.77. The fourth-order valence-corrected chi connectivity index (χ4v) is 1.77. The third-order valence-electron chi connectivity index (χ3n) is 2.73. The highest BCUT2D eigenvalue weighted by molar-refractivity contribution is 5.81. The number of nitrogens with one attached hydrogen (secondary N) is 2. The number of amides is 1. The normalized spacial score (nSPS) is 12.0. The minimum absolute atomic E-state index is 0.00751. The molecule has 0 bridgehead atoms. The average Bonchev–Trinajstić information content (AvgIpc) is 2.39. The Bertz CT molecular complexity index is 517. The Morgan fingerprint density at radius 2 is 2.05 bits per heavy atom. The van der Waals surface area contributed by atoms with Crippen molar-refractivity contribution in [2.75, 3.05) is 7.05 Å². The highest BCUT2D eigenvalue weighted by atomic mass is 16.6. The maximum atomic E-state index is 11.8. The molecule has 0 heterocycles. The number of non-ortho nitro benzene ring substituents is 1. The second-order valence-electron chi connectivity index (χ2n) is 5.00. The van der Waals surface area contributed by atoms with Gasteiger partial charge < -0.3 is 15.4 Å². The molecule has 1 amide bonds. The lowest BCUT2D eigenvalue weighted by atomic mass is 10.1. The molecule has 2 N–H and O–H groups in total. The zero-order chi connectivity index (χ0) is 16.0. The topological polar surface area (TPSA) is 93.5 Å². The number of benzene rings is 1. The maximum Gasteiger partial charge on any atom is 0.270 e. The number of rotatable bonds is 7. The molecule has 0 radical (unpaired) electrons. The summed E-state index contributed by atoms with van der Waals surface area (Å²) in [4.78, 5) is 22.2. The monoisotopic (exact) mass is 295 g/mol. The molecular weight excluding hydrogens is 274 g/mol. The van der Waals surface area contributed by atoms with Gasteiger partial charge in [-0.1, -0.05) is 0 Å². The summed E-state index contributed by atoms with van der Waals surface area (Å²) in [6, 6.07) is 4.35. The van der Waals surface area contributed by atoms with Crippen LogP contribution in [0.2, 0.25) is 0 Å². The molecule has 0 aliphatic carbocycles. The van der Waals surface area contributed by atoms with Gasteiger partial charge in [0.1, 0.15) is 5.75 Å². The van der Waals surface area contributed by atoms with Crippen molar-refractivity contribution in [3.8, 4) is 5.75 Å². The van der Waals surface area contributed by atoms with Crippen molar-refractivity contribution in [3.05, 3.63) is 33.9 Å². The van der Waals surface area contributed by atoms with Crippen molar-refractivity contribution in [1.29, 1.82) is 0 Å². The summed E-state index contributed by atoms with van der Waals surface area (Å²) in [7, 11) is 1.73. The first-order valence-electron chi connectivity index (χ1n) is 6.74. The van der Waals surface area contributed by atoms with Gasteiger partial charge in [-0.15, -0.1) is 0 Å². The van der Waals surface area contributed by atoms with E-state index in [-0.39, 0.29) is 17.6 Å². The minimum Gasteiger partial charge on any atom is -0.481 e. The van der Waals surface area contributed by atoms with Gasteiger partial charge in [0.15, 0.2) is 6.10 Å². The van der Waals surface area contributed by atoms with E-state index in [1.807, 2.05) is 13.8 Å². The number of nitro benzene ring substituents is 1. The minimum atomic E-state index is -0.676. The highest BCUT2D eigenvalue weighted by Gasteiger charge is 2.18. The van der Waals surface area contributed by atoms with Crippen LogP contribution < -0.4 is 15.4 Å². The lowest BCUT2D eigenvalue weighted by Crippen LogP contribution is -2.40. The van der Waals surface area contributed by atoms with Gasteiger partial charge in [0.05, 0.1) is 4.92 Å². The van der Waals surface area contributed by atoms with E-state index >= 15 is 0 Å². The Morgan fingerprint density at radius 3 is 2.57 bits per heavy atom. The average molecular weight is 295 g/mol. The van der Waals surface area contributed by atoms with Crippen LogP contribution in [-0.2, 0) is 11.3 Å². The smallest absolute Gasteiger partial charge is 0.270 e. The van der Waals surface area contributed by atoms with E-state index in [2.05, 4.69) is 10.6 Å². The van der Waals surface area contributed by atoms with Crippen molar-refractivity contribution in [3.63, 3.8) is 0 Å². The molecule has 0 saturated heterocycles. The molecule has 116 valence electrons. The third kappa shape index (κ3) is 5.03. The number of ether oxygens (including phenoxy) is 1. The van der Waals surface area contributed by atoms with Crippen LogP contribution in [0.25, 0.3) is 0 Å². The Hall–Kier alpha value is -2.15. The SMILES string of the molecule is CNCc1cc([N+](=O)[O-])ccc1OC(C)C(=O)NC(C)C. The predicted molar refractivity (Wildman–Crippen MR) is 79.2 cm³/mol. The van der Waals surface area contributed by atoms with E-state index in [4.69, 9.17) is 4.74 Å². The van der Waals surface area contributed by atoms with Gasteiger partial charge in [0.25, 0.3) is 11.6 Å².